The van der Waals surface area contributed by atoms with Gasteiger partial charge in [-0.05, 0) is 55.4 Å². The summed E-state index contributed by atoms with van der Waals surface area (Å²) in [6, 6.07) is 4.51. The molecule has 20 heavy (non-hydrogen) atoms. The lowest BCUT2D eigenvalue weighted by Gasteiger charge is -2.11. The number of carbonyl (C=O) groups is 1. The summed E-state index contributed by atoms with van der Waals surface area (Å²) in [4.78, 5) is 11.3. The minimum absolute atomic E-state index is 0.130. The highest BCUT2D eigenvalue weighted by Crippen LogP contribution is 2.30. The van der Waals surface area contributed by atoms with Crippen LogP contribution in [0.25, 0.3) is 0 Å². The molecule has 2 rings (SSSR count). The van der Waals surface area contributed by atoms with Crippen molar-refractivity contribution in [1.82, 2.24) is 0 Å². The van der Waals surface area contributed by atoms with Crippen molar-refractivity contribution >= 4 is 5.97 Å². The molecule has 0 aromatic heterocycles. The van der Waals surface area contributed by atoms with Crippen LogP contribution >= 0.6 is 0 Å². The number of hydrogen-bond donors (Lipinski definition) is 1. The van der Waals surface area contributed by atoms with Crippen molar-refractivity contribution in [2.45, 2.75) is 45.1 Å². The maximum absolute atomic E-state index is 11.3. The van der Waals surface area contributed by atoms with Crippen LogP contribution in [0.2, 0.25) is 0 Å². The molecule has 1 aromatic rings. The molecule has 4 heteroatoms. The number of hydrogen-bond acceptors (Lipinski definition) is 4. The van der Waals surface area contributed by atoms with Crippen LogP contribution in [-0.4, -0.2) is 25.7 Å². The van der Waals surface area contributed by atoms with Gasteiger partial charge in [-0.2, -0.15) is 0 Å². The van der Waals surface area contributed by atoms with E-state index in [1.54, 1.807) is 7.11 Å². The van der Waals surface area contributed by atoms with Gasteiger partial charge in [0.2, 0.25) is 0 Å². The van der Waals surface area contributed by atoms with Crippen LogP contribution in [0.4, 0.5) is 0 Å². The highest BCUT2D eigenvalue weighted by atomic mass is 16.5. The first-order valence-corrected chi connectivity index (χ1v) is 7.24. The Hall–Kier alpha value is -1.55. The number of aryl methyl sites for hydroxylation is 1. The third kappa shape index (κ3) is 3.51. The molecule has 0 radical (unpaired) electrons. The largest absolute Gasteiger partial charge is 0.496 e. The quantitative estimate of drug-likeness (QED) is 0.808. The van der Waals surface area contributed by atoms with Crippen LogP contribution in [0.15, 0.2) is 12.1 Å². The highest BCUT2D eigenvalue weighted by Gasteiger charge is 2.20. The summed E-state index contributed by atoms with van der Waals surface area (Å²) >= 11 is 0. The topological polar surface area (TPSA) is 61.5 Å². The molecule has 0 amide bonds. The summed E-state index contributed by atoms with van der Waals surface area (Å²) in [7, 11) is 1.69. The number of ether oxygens (including phenoxy) is 2. The molecule has 2 N–H and O–H groups in total. The zero-order chi connectivity index (χ0) is 14.5. The number of fused-ring (bicyclic) bond motifs is 1. The maximum atomic E-state index is 11.3. The van der Waals surface area contributed by atoms with Crippen molar-refractivity contribution in [3.63, 3.8) is 0 Å². The van der Waals surface area contributed by atoms with Gasteiger partial charge in [-0.1, -0.05) is 6.07 Å². The van der Waals surface area contributed by atoms with Crippen LogP contribution in [0.3, 0.4) is 0 Å². The molecule has 110 valence electrons. The summed E-state index contributed by atoms with van der Waals surface area (Å²) in [6.07, 6.45) is 3.91. The van der Waals surface area contributed by atoms with Crippen LogP contribution in [-0.2, 0) is 28.8 Å². The summed E-state index contributed by atoms with van der Waals surface area (Å²) in [5, 5.41) is 0. The lowest BCUT2D eigenvalue weighted by atomic mass is 10.0. The molecule has 0 saturated heterocycles. The number of esters is 1. The lowest BCUT2D eigenvalue weighted by Crippen LogP contribution is -2.18. The summed E-state index contributed by atoms with van der Waals surface area (Å²) in [6.45, 7) is 2.27. The Kier molecular flexibility index (Phi) is 5.01. The summed E-state index contributed by atoms with van der Waals surface area (Å²) < 4.78 is 10.4. The highest BCUT2D eigenvalue weighted by molar-refractivity contribution is 5.69. The van der Waals surface area contributed by atoms with E-state index in [0.717, 1.165) is 37.0 Å². The molecule has 1 aliphatic carbocycles. The maximum Gasteiger partial charge on any atom is 0.305 e. The number of benzene rings is 1. The predicted molar refractivity (Wildman–Crippen MR) is 77.9 cm³/mol. The molecular weight excluding hydrogens is 254 g/mol. The van der Waals surface area contributed by atoms with Crippen molar-refractivity contribution in [2.24, 2.45) is 5.73 Å². The SMILES string of the molecule is CCOC(=O)CCCc1cc2c(cc1OC)CC(N)C2. The van der Waals surface area contributed by atoms with Crippen molar-refractivity contribution in [3.05, 3.63) is 28.8 Å². The fourth-order valence-corrected chi connectivity index (χ4v) is 2.78. The molecule has 0 fully saturated rings. The van der Waals surface area contributed by atoms with Crippen molar-refractivity contribution in [2.75, 3.05) is 13.7 Å². The van der Waals surface area contributed by atoms with E-state index >= 15 is 0 Å². The van der Waals surface area contributed by atoms with Crippen LogP contribution in [0, 0.1) is 0 Å². The number of nitrogens with two attached hydrogens (primary N) is 1. The van der Waals surface area contributed by atoms with E-state index in [1.807, 2.05) is 6.92 Å². The normalized spacial score (nSPS) is 16.9. The second kappa shape index (κ2) is 6.75. The Morgan fingerprint density at radius 3 is 2.70 bits per heavy atom. The van der Waals surface area contributed by atoms with Gasteiger partial charge in [0.05, 0.1) is 13.7 Å². The monoisotopic (exact) mass is 277 g/mol. The van der Waals surface area contributed by atoms with Crippen LogP contribution < -0.4 is 10.5 Å². The molecule has 1 aromatic carbocycles. The van der Waals surface area contributed by atoms with E-state index in [1.165, 1.54) is 11.1 Å². The van der Waals surface area contributed by atoms with Gasteiger partial charge in [-0.25, -0.2) is 0 Å². The van der Waals surface area contributed by atoms with Gasteiger partial charge in [-0.15, -0.1) is 0 Å². The van der Waals surface area contributed by atoms with Gasteiger partial charge in [-0.3, -0.25) is 4.79 Å². The Morgan fingerprint density at radius 1 is 1.35 bits per heavy atom. The molecule has 1 atom stereocenters. The minimum atomic E-state index is -0.130. The van der Waals surface area contributed by atoms with Crippen LogP contribution in [0.1, 0.15) is 36.5 Å². The first-order chi connectivity index (χ1) is 9.63. The third-order valence-electron chi connectivity index (χ3n) is 3.70. The molecule has 0 aliphatic heterocycles. The fourth-order valence-electron chi connectivity index (χ4n) is 2.78. The molecule has 0 spiro atoms. The van der Waals surface area contributed by atoms with E-state index in [4.69, 9.17) is 15.2 Å². The summed E-state index contributed by atoms with van der Waals surface area (Å²) in [5.74, 6) is 0.774. The van der Waals surface area contributed by atoms with E-state index in [-0.39, 0.29) is 12.0 Å². The number of carbonyl (C=O) groups excluding carboxylic acids is 1. The average molecular weight is 277 g/mol. The van der Waals surface area contributed by atoms with Crippen molar-refractivity contribution in [3.8, 4) is 5.75 Å². The number of rotatable bonds is 6. The standard InChI is InChI=1S/C16H23NO3/c1-3-20-16(18)6-4-5-11-7-12-8-14(17)9-13(12)10-15(11)19-2/h7,10,14H,3-6,8-9,17H2,1-2H3. The minimum Gasteiger partial charge on any atom is -0.496 e. The Morgan fingerprint density at radius 2 is 2.05 bits per heavy atom. The van der Waals surface area contributed by atoms with Gasteiger partial charge in [0.1, 0.15) is 5.75 Å². The molecular formula is C16H23NO3. The van der Waals surface area contributed by atoms with Gasteiger partial charge >= 0.3 is 5.97 Å². The summed E-state index contributed by atoms with van der Waals surface area (Å²) in [5.41, 5.74) is 9.77. The van der Waals surface area contributed by atoms with Crippen molar-refractivity contribution in [1.29, 1.82) is 0 Å². The van der Waals surface area contributed by atoms with E-state index < -0.39 is 0 Å². The third-order valence-corrected chi connectivity index (χ3v) is 3.70. The van der Waals surface area contributed by atoms with Gasteiger partial charge in [0.25, 0.3) is 0 Å². The Balaban J connectivity index is 2.01. The first kappa shape index (κ1) is 14.9. The van der Waals surface area contributed by atoms with Gasteiger partial charge in [0, 0.05) is 12.5 Å². The molecule has 1 unspecified atom stereocenters. The second-order valence-corrected chi connectivity index (χ2v) is 5.26. The van der Waals surface area contributed by atoms with Gasteiger partial charge in [0.15, 0.2) is 0 Å². The molecule has 0 heterocycles. The van der Waals surface area contributed by atoms with E-state index in [0.29, 0.717) is 13.0 Å². The lowest BCUT2D eigenvalue weighted by molar-refractivity contribution is -0.143. The fraction of sp³-hybridized carbons (Fsp3) is 0.562. The van der Waals surface area contributed by atoms with E-state index in [2.05, 4.69) is 12.1 Å². The van der Waals surface area contributed by atoms with E-state index in [9.17, 15) is 4.79 Å². The zero-order valence-corrected chi connectivity index (χ0v) is 12.3. The Bertz CT molecular complexity index is 485. The molecule has 0 bridgehead atoms. The average Bonchev–Trinajstić information content (AvgIpc) is 2.77. The smallest absolute Gasteiger partial charge is 0.305 e. The predicted octanol–water partition coefficient (Wildman–Crippen LogP) is 2.01. The van der Waals surface area contributed by atoms with Gasteiger partial charge < -0.3 is 15.2 Å². The molecule has 4 nitrogen and oxygen atoms in total. The number of methoxy groups -OCH3 is 1. The molecule has 1 aliphatic rings. The Labute approximate surface area is 120 Å². The molecule has 0 saturated carbocycles. The van der Waals surface area contributed by atoms with Crippen molar-refractivity contribution < 1.29 is 14.3 Å². The van der Waals surface area contributed by atoms with Crippen LogP contribution in [0.5, 0.6) is 5.75 Å². The second-order valence-electron chi connectivity index (χ2n) is 5.26. The zero-order valence-electron chi connectivity index (χ0n) is 12.3. The first-order valence-electron chi connectivity index (χ1n) is 7.24.